The number of rotatable bonds is 1. The first-order valence-corrected chi connectivity index (χ1v) is 4.66. The van der Waals surface area contributed by atoms with Gasteiger partial charge in [-0.2, -0.15) is 0 Å². The molecule has 3 nitrogen and oxygen atoms in total. The number of aromatic hydroxyl groups is 1. The van der Waals surface area contributed by atoms with Crippen LogP contribution in [0.1, 0.15) is 12.0 Å². The lowest BCUT2D eigenvalue weighted by atomic mass is 10.2. The lowest BCUT2D eigenvalue weighted by molar-refractivity contribution is -0.139. The zero-order chi connectivity index (χ0) is 12.1. The fourth-order valence-corrected chi connectivity index (χ4v) is 1.15. The third kappa shape index (κ3) is 3.14. The van der Waals surface area contributed by atoms with Gasteiger partial charge in [-0.05, 0) is 12.1 Å². The molecule has 0 amide bonds. The average molecular weight is 243 g/mol. The van der Waals surface area contributed by atoms with Gasteiger partial charge in [0.1, 0.15) is 18.0 Å². The minimum Gasteiger partial charge on any atom is -0.505 e. The minimum absolute atomic E-state index is 0.0360. The Balaban J connectivity index is 2.92. The van der Waals surface area contributed by atoms with E-state index in [9.17, 15) is 14.3 Å². The molecule has 16 heavy (non-hydrogen) atoms. The Morgan fingerprint density at radius 2 is 2.31 bits per heavy atom. The van der Waals surface area contributed by atoms with Gasteiger partial charge in [0, 0.05) is 0 Å². The van der Waals surface area contributed by atoms with Gasteiger partial charge >= 0.3 is 5.97 Å². The van der Waals surface area contributed by atoms with Crippen molar-refractivity contribution in [1.82, 2.24) is 0 Å². The summed E-state index contributed by atoms with van der Waals surface area (Å²) in [6.07, 6.45) is -0.135. The molecule has 0 aliphatic heterocycles. The summed E-state index contributed by atoms with van der Waals surface area (Å²) >= 11 is 5.54. The summed E-state index contributed by atoms with van der Waals surface area (Å²) in [6, 6.07) is 2.01. The van der Waals surface area contributed by atoms with Crippen molar-refractivity contribution in [3.8, 4) is 17.6 Å². The van der Waals surface area contributed by atoms with Crippen LogP contribution in [0.3, 0.4) is 0 Å². The fraction of sp³-hybridized carbons (Fsp3) is 0.182. The number of carbonyl (C=O) groups excluding carboxylic acids is 1. The molecule has 0 unspecified atom stereocenters. The van der Waals surface area contributed by atoms with Gasteiger partial charge in [0.15, 0.2) is 0 Å². The summed E-state index contributed by atoms with van der Waals surface area (Å²) in [7, 11) is 1.24. The van der Waals surface area contributed by atoms with Crippen LogP contribution in [0.4, 0.5) is 4.39 Å². The van der Waals surface area contributed by atoms with Gasteiger partial charge in [-0.25, -0.2) is 4.39 Å². The highest BCUT2D eigenvalue weighted by Crippen LogP contribution is 2.27. The number of hydrogen-bond donors (Lipinski definition) is 1. The molecule has 84 valence electrons. The smallest absolute Gasteiger partial charge is 0.317 e. The van der Waals surface area contributed by atoms with Gasteiger partial charge in [0.25, 0.3) is 0 Å². The first-order valence-electron chi connectivity index (χ1n) is 4.28. The van der Waals surface area contributed by atoms with Crippen molar-refractivity contribution in [1.29, 1.82) is 0 Å². The second-order valence-corrected chi connectivity index (χ2v) is 3.25. The molecule has 1 N–H and O–H groups in total. The molecule has 1 rings (SSSR count). The van der Waals surface area contributed by atoms with E-state index in [1.165, 1.54) is 7.11 Å². The topological polar surface area (TPSA) is 46.5 Å². The van der Waals surface area contributed by atoms with Crippen molar-refractivity contribution in [2.75, 3.05) is 7.11 Å². The Morgan fingerprint density at radius 3 is 2.94 bits per heavy atom. The molecular formula is C11H8ClFO3. The summed E-state index contributed by atoms with van der Waals surface area (Å²) in [5, 5.41) is 9.30. The van der Waals surface area contributed by atoms with E-state index in [0.717, 1.165) is 12.1 Å². The number of ether oxygens (including phenoxy) is 1. The summed E-state index contributed by atoms with van der Waals surface area (Å²) in [5.74, 6) is 3.46. The molecule has 1 aromatic rings. The molecule has 0 heterocycles. The molecule has 0 aliphatic carbocycles. The van der Waals surface area contributed by atoms with E-state index in [-0.39, 0.29) is 22.8 Å². The number of hydrogen-bond acceptors (Lipinski definition) is 3. The molecule has 5 heteroatoms. The quantitative estimate of drug-likeness (QED) is 0.606. The van der Waals surface area contributed by atoms with E-state index < -0.39 is 11.8 Å². The van der Waals surface area contributed by atoms with E-state index in [1.54, 1.807) is 0 Å². The summed E-state index contributed by atoms with van der Waals surface area (Å²) < 4.78 is 17.3. The van der Waals surface area contributed by atoms with Crippen LogP contribution in [0.15, 0.2) is 12.1 Å². The number of esters is 1. The zero-order valence-corrected chi connectivity index (χ0v) is 9.14. The molecule has 0 aliphatic rings. The molecule has 0 radical (unpaired) electrons. The second kappa shape index (κ2) is 5.38. The van der Waals surface area contributed by atoms with Crippen LogP contribution < -0.4 is 0 Å². The number of carbonyl (C=O) groups is 1. The minimum atomic E-state index is -0.606. The van der Waals surface area contributed by atoms with Gasteiger partial charge in [0.2, 0.25) is 0 Å². The maximum absolute atomic E-state index is 12.9. The highest BCUT2D eigenvalue weighted by molar-refractivity contribution is 6.32. The number of methoxy groups -OCH3 is 1. The van der Waals surface area contributed by atoms with Gasteiger partial charge < -0.3 is 9.84 Å². The number of phenolic OH excluding ortho intramolecular Hbond substituents is 1. The van der Waals surface area contributed by atoms with Crippen molar-refractivity contribution in [3.05, 3.63) is 28.5 Å². The molecule has 0 fully saturated rings. The van der Waals surface area contributed by atoms with E-state index in [4.69, 9.17) is 11.6 Å². The molecule has 0 atom stereocenters. The summed E-state index contributed by atoms with van der Waals surface area (Å²) in [5.41, 5.74) is 0.0360. The Kier molecular flexibility index (Phi) is 4.15. The van der Waals surface area contributed by atoms with Crippen molar-refractivity contribution >= 4 is 17.6 Å². The first-order chi connectivity index (χ1) is 7.54. The number of benzene rings is 1. The summed E-state index contributed by atoms with van der Waals surface area (Å²) in [6.45, 7) is 0. The summed E-state index contributed by atoms with van der Waals surface area (Å²) in [4.78, 5) is 10.7. The van der Waals surface area contributed by atoms with Gasteiger partial charge in [-0.1, -0.05) is 23.4 Å². The third-order valence-electron chi connectivity index (χ3n) is 1.71. The van der Waals surface area contributed by atoms with Crippen LogP contribution in [0.2, 0.25) is 5.02 Å². The van der Waals surface area contributed by atoms with Crippen molar-refractivity contribution in [3.63, 3.8) is 0 Å². The Morgan fingerprint density at radius 1 is 1.62 bits per heavy atom. The third-order valence-corrected chi connectivity index (χ3v) is 2.00. The van der Waals surface area contributed by atoms with E-state index >= 15 is 0 Å². The Hall–Kier alpha value is -1.73. The fourth-order valence-electron chi connectivity index (χ4n) is 0.945. The zero-order valence-electron chi connectivity index (χ0n) is 8.38. The van der Waals surface area contributed by atoms with Gasteiger partial charge in [-0.3, -0.25) is 4.79 Å². The van der Waals surface area contributed by atoms with E-state index in [1.807, 2.05) is 0 Å². The van der Waals surface area contributed by atoms with Crippen LogP contribution in [0, 0.1) is 17.7 Å². The SMILES string of the molecule is COC(=O)CC#Cc1cc(F)cc(Cl)c1O. The van der Waals surface area contributed by atoms with Crippen LogP contribution in [0.25, 0.3) is 0 Å². The predicted molar refractivity (Wildman–Crippen MR) is 56.6 cm³/mol. The van der Waals surface area contributed by atoms with Gasteiger partial charge in [-0.15, -0.1) is 0 Å². The number of halogens is 2. The highest BCUT2D eigenvalue weighted by Gasteiger charge is 2.06. The second-order valence-electron chi connectivity index (χ2n) is 2.84. The van der Waals surface area contributed by atoms with Crippen LogP contribution in [-0.4, -0.2) is 18.2 Å². The average Bonchev–Trinajstić information content (AvgIpc) is 2.24. The molecule has 0 saturated carbocycles. The van der Waals surface area contributed by atoms with Crippen molar-refractivity contribution in [2.45, 2.75) is 6.42 Å². The first kappa shape index (κ1) is 12.3. The van der Waals surface area contributed by atoms with Crippen LogP contribution in [0.5, 0.6) is 5.75 Å². The lowest BCUT2D eigenvalue weighted by Gasteiger charge is -1.99. The Labute approximate surface area is 96.8 Å². The molecular weight excluding hydrogens is 235 g/mol. The number of phenols is 1. The van der Waals surface area contributed by atoms with Crippen molar-refractivity contribution < 1.29 is 19.0 Å². The Bertz CT molecular complexity index is 474. The normalized spacial score (nSPS) is 9.19. The molecule has 0 saturated heterocycles. The molecule has 0 spiro atoms. The largest absolute Gasteiger partial charge is 0.505 e. The lowest BCUT2D eigenvalue weighted by Crippen LogP contribution is -1.97. The van der Waals surface area contributed by atoms with Crippen molar-refractivity contribution in [2.24, 2.45) is 0 Å². The highest BCUT2D eigenvalue weighted by atomic mass is 35.5. The standard InChI is InChI=1S/C11H8ClFO3/c1-16-10(14)4-2-3-7-5-8(13)6-9(12)11(7)15/h5-6,15H,4H2,1H3. The van der Waals surface area contributed by atoms with E-state index in [0.29, 0.717) is 0 Å². The van der Waals surface area contributed by atoms with Crippen LogP contribution in [-0.2, 0) is 9.53 Å². The maximum atomic E-state index is 12.9. The molecule has 1 aromatic carbocycles. The molecule has 0 bridgehead atoms. The monoisotopic (exact) mass is 242 g/mol. The van der Waals surface area contributed by atoms with Crippen LogP contribution >= 0.6 is 11.6 Å². The van der Waals surface area contributed by atoms with E-state index in [2.05, 4.69) is 16.6 Å². The predicted octanol–water partition coefficient (Wildman–Crippen LogP) is 2.10. The molecule has 0 aromatic heterocycles. The van der Waals surface area contributed by atoms with Gasteiger partial charge in [0.05, 0.1) is 17.7 Å². The maximum Gasteiger partial charge on any atom is 0.317 e.